The number of benzene rings is 1. The summed E-state index contributed by atoms with van der Waals surface area (Å²) in [4.78, 5) is 14.4. The van der Waals surface area contributed by atoms with Crippen LogP contribution in [0.25, 0.3) is 0 Å². The van der Waals surface area contributed by atoms with Gasteiger partial charge in [0.05, 0.1) is 12.0 Å². The third-order valence-corrected chi connectivity index (χ3v) is 6.60. The van der Waals surface area contributed by atoms with E-state index in [0.29, 0.717) is 10.1 Å². The number of nitrogens with one attached hydrogen (secondary N) is 1. The Morgan fingerprint density at radius 3 is 2.69 bits per heavy atom. The van der Waals surface area contributed by atoms with E-state index in [1.165, 1.54) is 12.1 Å². The van der Waals surface area contributed by atoms with Crippen LogP contribution in [0.5, 0.6) is 5.75 Å². The average molecular weight is 476 g/mol. The zero-order valence-corrected chi connectivity index (χ0v) is 17.8. The number of para-hydroxylation sites is 1. The van der Waals surface area contributed by atoms with Gasteiger partial charge in [0.25, 0.3) is 5.85 Å². The highest BCUT2D eigenvalue weighted by atomic mass is 32.1. The first-order valence-corrected chi connectivity index (χ1v) is 10.9. The first-order chi connectivity index (χ1) is 14.8. The minimum absolute atomic E-state index is 0.00898. The SMILES string of the molecule is [B]C([B])(OP1(=O)OCc2ccccc2O1)[C@@]1(F)O[C@@]([B])(n2ccc(=S)[nH]c2=O)[C@H](O)[C@@H]1O. The number of hydrogen-bond donors (Lipinski definition) is 3. The fourth-order valence-corrected chi connectivity index (χ4v) is 4.78. The van der Waals surface area contributed by atoms with Crippen LogP contribution in [-0.4, -0.2) is 66.8 Å². The quantitative estimate of drug-likeness (QED) is 0.313. The summed E-state index contributed by atoms with van der Waals surface area (Å²) in [5.74, 6) is -3.59. The molecule has 0 bridgehead atoms. The molecule has 1 saturated heterocycles. The topological polar surface area (TPSA) is 132 Å². The summed E-state index contributed by atoms with van der Waals surface area (Å²) >= 11 is 4.80. The van der Waals surface area contributed by atoms with Crippen molar-refractivity contribution in [3.05, 3.63) is 57.2 Å². The van der Waals surface area contributed by atoms with Gasteiger partial charge in [-0.25, -0.2) is 13.8 Å². The Bertz CT molecular complexity index is 1230. The highest BCUT2D eigenvalue weighted by molar-refractivity contribution is 7.71. The summed E-state index contributed by atoms with van der Waals surface area (Å²) in [6, 6.07) is 7.53. The number of ether oxygens (including phenoxy) is 1. The number of aromatic amines is 1. The summed E-state index contributed by atoms with van der Waals surface area (Å²) in [5.41, 5.74) is -3.20. The Labute approximate surface area is 189 Å². The van der Waals surface area contributed by atoms with Crippen LogP contribution in [0.15, 0.2) is 41.3 Å². The van der Waals surface area contributed by atoms with E-state index in [1.54, 1.807) is 18.2 Å². The molecule has 10 nitrogen and oxygen atoms in total. The van der Waals surface area contributed by atoms with Gasteiger partial charge >= 0.3 is 13.5 Å². The molecule has 3 N–H and O–H groups in total. The highest BCUT2D eigenvalue weighted by Crippen LogP contribution is 2.59. The number of rotatable bonds is 4. The van der Waals surface area contributed by atoms with Crippen LogP contribution in [0.4, 0.5) is 4.39 Å². The third-order valence-electron chi connectivity index (χ3n) is 4.97. The maximum Gasteiger partial charge on any atom is 0.529 e. The fraction of sp³-hybridized carbons (Fsp3) is 0.375. The standard InChI is InChI=1S/C16H13B3FN2O8PS/c17-15(22-6-5-10(32)21-13(22)25)12(24)11(23)14(20,29-15)16(18,19)30-31(26)27-7-8-3-1-2-4-9(8)28-31/h1-6,11-12,23-24H,7H2,(H,21,25,32)/t11-,12+,14-,15-,31?/m0/s1. The van der Waals surface area contributed by atoms with E-state index in [-0.39, 0.29) is 17.0 Å². The number of alkyl halides is 1. The van der Waals surface area contributed by atoms with Gasteiger partial charge in [-0.2, -0.15) is 0 Å². The van der Waals surface area contributed by atoms with Crippen LogP contribution >= 0.6 is 20.0 Å². The lowest BCUT2D eigenvalue weighted by atomic mass is 9.59. The van der Waals surface area contributed by atoms with Gasteiger partial charge < -0.3 is 19.5 Å². The van der Waals surface area contributed by atoms with Gasteiger partial charge in [0.15, 0.2) is 0 Å². The lowest BCUT2D eigenvalue weighted by Gasteiger charge is -2.42. The van der Waals surface area contributed by atoms with Gasteiger partial charge in [0.2, 0.25) is 0 Å². The molecule has 162 valence electrons. The molecule has 1 fully saturated rings. The maximum atomic E-state index is 15.9. The molecule has 0 aliphatic carbocycles. The number of phosphoric ester groups is 1. The summed E-state index contributed by atoms with van der Waals surface area (Å²) < 4.78 is 49.5. The Kier molecular flexibility index (Phi) is 5.61. The van der Waals surface area contributed by atoms with Crippen LogP contribution in [-0.2, 0) is 30.6 Å². The molecule has 6 radical (unpaired) electrons. The molecule has 1 unspecified atom stereocenters. The normalized spacial score (nSPS) is 34.6. The molecule has 16 heteroatoms. The van der Waals surface area contributed by atoms with E-state index < -0.39 is 42.6 Å². The molecule has 1 aromatic heterocycles. The zero-order chi connectivity index (χ0) is 23.5. The van der Waals surface area contributed by atoms with Gasteiger partial charge in [-0.1, -0.05) is 30.4 Å². The second-order valence-corrected chi connectivity index (χ2v) is 9.13. The Morgan fingerprint density at radius 2 is 2.00 bits per heavy atom. The van der Waals surface area contributed by atoms with Crippen molar-refractivity contribution >= 4 is 43.6 Å². The van der Waals surface area contributed by atoms with E-state index in [1.807, 2.05) is 0 Å². The van der Waals surface area contributed by atoms with Crippen molar-refractivity contribution in [3.8, 4) is 5.75 Å². The maximum absolute atomic E-state index is 15.9. The van der Waals surface area contributed by atoms with Crippen molar-refractivity contribution in [2.24, 2.45) is 0 Å². The number of hydrogen-bond acceptors (Lipinski definition) is 9. The number of aliphatic hydroxyl groups is 2. The molecule has 4 rings (SSSR count). The van der Waals surface area contributed by atoms with Crippen LogP contribution in [0.2, 0.25) is 0 Å². The minimum Gasteiger partial charge on any atom is -0.404 e. The molecule has 0 amide bonds. The number of halogens is 1. The van der Waals surface area contributed by atoms with E-state index >= 15 is 4.39 Å². The van der Waals surface area contributed by atoms with Crippen LogP contribution in [0.1, 0.15) is 5.56 Å². The molecule has 0 saturated carbocycles. The van der Waals surface area contributed by atoms with Crippen molar-refractivity contribution in [1.29, 1.82) is 0 Å². The Morgan fingerprint density at radius 1 is 1.31 bits per heavy atom. The molecule has 2 aromatic rings. The Balaban J connectivity index is 1.67. The highest BCUT2D eigenvalue weighted by Gasteiger charge is 2.68. The number of H-pyrrole nitrogens is 1. The number of fused-ring (bicyclic) bond motifs is 1. The molecule has 1 aromatic carbocycles. The second-order valence-electron chi connectivity index (χ2n) is 7.17. The zero-order valence-electron chi connectivity index (χ0n) is 16.1. The molecular formula is C16H13B3FN2O8PS. The van der Waals surface area contributed by atoms with Crippen LogP contribution in [0.3, 0.4) is 0 Å². The summed E-state index contributed by atoms with van der Waals surface area (Å²) in [6.07, 6.45) is -3.87. The molecule has 3 heterocycles. The third kappa shape index (κ3) is 3.62. The smallest absolute Gasteiger partial charge is 0.404 e. The average Bonchev–Trinajstić information content (AvgIpc) is 2.89. The van der Waals surface area contributed by atoms with Crippen molar-refractivity contribution in [2.75, 3.05) is 0 Å². The number of aliphatic hydroxyl groups excluding tert-OH is 2. The number of phosphoric acid groups is 1. The molecule has 2 aliphatic heterocycles. The molecule has 2 aliphatic rings. The van der Waals surface area contributed by atoms with E-state index in [0.717, 1.165) is 6.20 Å². The molecule has 5 atom stereocenters. The monoisotopic (exact) mass is 476 g/mol. The predicted octanol–water partition coefficient (Wildman–Crippen LogP) is -0.173. The number of nitrogens with zero attached hydrogens (tertiary/aromatic N) is 1. The molecular weight excluding hydrogens is 463 g/mol. The lowest BCUT2D eigenvalue weighted by Crippen LogP contribution is -2.60. The van der Waals surface area contributed by atoms with Gasteiger partial charge in [-0.3, -0.25) is 18.6 Å². The van der Waals surface area contributed by atoms with Gasteiger partial charge in [-0.05, 0) is 12.1 Å². The van der Waals surface area contributed by atoms with Crippen molar-refractivity contribution in [3.63, 3.8) is 0 Å². The minimum atomic E-state index is -4.63. The molecule has 0 spiro atoms. The second kappa shape index (κ2) is 7.66. The van der Waals surface area contributed by atoms with Crippen molar-refractivity contribution in [2.45, 2.75) is 35.7 Å². The fourth-order valence-electron chi connectivity index (χ4n) is 3.28. The van der Waals surface area contributed by atoms with Crippen LogP contribution < -0.4 is 10.2 Å². The lowest BCUT2D eigenvalue weighted by molar-refractivity contribution is -0.240. The van der Waals surface area contributed by atoms with E-state index in [2.05, 4.69) is 4.98 Å². The van der Waals surface area contributed by atoms with E-state index in [4.69, 9.17) is 54.1 Å². The summed E-state index contributed by atoms with van der Waals surface area (Å²) in [6.45, 7) is -0.242. The van der Waals surface area contributed by atoms with Crippen LogP contribution in [0, 0.1) is 4.64 Å². The molecule has 32 heavy (non-hydrogen) atoms. The summed E-state index contributed by atoms with van der Waals surface area (Å²) in [7, 11) is 12.7. The number of aromatic nitrogens is 2. The van der Waals surface area contributed by atoms with Gasteiger partial charge in [0.1, 0.15) is 51.8 Å². The van der Waals surface area contributed by atoms with E-state index in [9.17, 15) is 19.6 Å². The van der Waals surface area contributed by atoms with Gasteiger partial charge in [0, 0.05) is 11.8 Å². The first kappa shape index (κ1) is 23.4. The van der Waals surface area contributed by atoms with Crippen molar-refractivity contribution in [1.82, 2.24) is 9.55 Å². The predicted molar refractivity (Wildman–Crippen MR) is 111 cm³/mol. The first-order valence-electron chi connectivity index (χ1n) is 8.98. The van der Waals surface area contributed by atoms with Gasteiger partial charge in [-0.15, -0.1) is 0 Å². The van der Waals surface area contributed by atoms with Crippen molar-refractivity contribution < 1.29 is 37.5 Å². The summed E-state index contributed by atoms with van der Waals surface area (Å²) in [5, 5.41) is 17.6. The Hall–Kier alpha value is -1.73. The largest absolute Gasteiger partial charge is 0.529 e.